The number of nitrogens with one attached hydrogen (secondary N) is 1. The number of aromatic nitrogens is 1. The molecular weight excluding hydrogens is 310 g/mol. The molecule has 0 unspecified atom stereocenters. The van der Waals surface area contributed by atoms with Crippen molar-refractivity contribution >= 4 is 22.5 Å². The first-order valence-electron chi connectivity index (χ1n) is 9.38. The summed E-state index contributed by atoms with van der Waals surface area (Å²) in [5, 5.41) is 4.20. The summed E-state index contributed by atoms with van der Waals surface area (Å²) in [4.78, 5) is 19.7. The van der Waals surface area contributed by atoms with E-state index >= 15 is 0 Å². The molecule has 3 rings (SSSR count). The number of likely N-dealkylation sites (tertiary alicyclic amines) is 1. The van der Waals surface area contributed by atoms with Crippen LogP contribution in [0.4, 0.5) is 5.69 Å². The Hall–Kier alpha value is -1.94. The van der Waals surface area contributed by atoms with Crippen LogP contribution in [-0.2, 0) is 11.2 Å². The zero-order valence-corrected chi connectivity index (χ0v) is 15.8. The average Bonchev–Trinajstić information content (AvgIpc) is 2.56. The molecule has 1 aromatic carbocycles. The molecule has 2 heterocycles. The smallest absolute Gasteiger partial charge is 0.238 e. The summed E-state index contributed by atoms with van der Waals surface area (Å²) < 4.78 is 0. The Morgan fingerprint density at radius 1 is 1.24 bits per heavy atom. The van der Waals surface area contributed by atoms with Gasteiger partial charge in [-0.1, -0.05) is 39.0 Å². The molecule has 1 saturated heterocycles. The first-order chi connectivity index (χ1) is 12.0. The highest BCUT2D eigenvalue weighted by molar-refractivity contribution is 6.03. The summed E-state index contributed by atoms with van der Waals surface area (Å²) in [6.45, 7) is 11.2. The van der Waals surface area contributed by atoms with Gasteiger partial charge >= 0.3 is 0 Å². The first-order valence-corrected chi connectivity index (χ1v) is 9.38. The number of pyridine rings is 1. The number of carbonyl (C=O) groups is 1. The number of amides is 1. The van der Waals surface area contributed by atoms with Gasteiger partial charge in [-0.2, -0.15) is 0 Å². The zero-order valence-electron chi connectivity index (χ0n) is 15.8. The molecule has 4 nitrogen and oxygen atoms in total. The Morgan fingerprint density at radius 2 is 1.92 bits per heavy atom. The lowest BCUT2D eigenvalue weighted by molar-refractivity contribution is -0.117. The zero-order chi connectivity index (χ0) is 18.0. The largest absolute Gasteiger partial charge is 0.324 e. The van der Waals surface area contributed by atoms with E-state index in [0.717, 1.165) is 47.4 Å². The Balaban J connectivity index is 1.82. The van der Waals surface area contributed by atoms with Gasteiger partial charge in [0.25, 0.3) is 0 Å². The number of carbonyl (C=O) groups excluding carboxylic acids is 1. The fourth-order valence-electron chi connectivity index (χ4n) is 4.17. The van der Waals surface area contributed by atoms with Gasteiger partial charge in [0.15, 0.2) is 0 Å². The Kier molecular flexibility index (Phi) is 5.38. The van der Waals surface area contributed by atoms with Crippen molar-refractivity contribution in [3.8, 4) is 0 Å². The number of para-hydroxylation sites is 1. The molecule has 134 valence electrons. The van der Waals surface area contributed by atoms with E-state index in [2.05, 4.69) is 37.9 Å². The van der Waals surface area contributed by atoms with Crippen molar-refractivity contribution in [3.05, 3.63) is 35.5 Å². The van der Waals surface area contributed by atoms with Crippen molar-refractivity contribution in [2.45, 2.75) is 40.5 Å². The van der Waals surface area contributed by atoms with E-state index in [1.54, 1.807) is 0 Å². The average molecular weight is 339 g/mol. The number of anilines is 1. The molecule has 0 spiro atoms. The maximum atomic E-state index is 12.7. The number of hydrogen-bond donors (Lipinski definition) is 1. The van der Waals surface area contributed by atoms with Crippen molar-refractivity contribution in [1.82, 2.24) is 9.88 Å². The van der Waals surface area contributed by atoms with E-state index in [4.69, 9.17) is 4.98 Å². The van der Waals surface area contributed by atoms with E-state index in [9.17, 15) is 4.79 Å². The molecule has 1 fully saturated rings. The first kappa shape index (κ1) is 17.9. The highest BCUT2D eigenvalue weighted by Crippen LogP contribution is 2.28. The predicted molar refractivity (Wildman–Crippen MR) is 104 cm³/mol. The topological polar surface area (TPSA) is 45.2 Å². The second kappa shape index (κ2) is 7.52. The van der Waals surface area contributed by atoms with Gasteiger partial charge in [0.1, 0.15) is 0 Å². The van der Waals surface area contributed by atoms with Crippen LogP contribution in [0.2, 0.25) is 0 Å². The lowest BCUT2D eigenvalue weighted by atomic mass is 9.92. The molecule has 1 N–H and O–H groups in total. The van der Waals surface area contributed by atoms with Crippen LogP contribution >= 0.6 is 0 Å². The number of rotatable bonds is 4. The molecular formula is C21H29N3O. The molecule has 4 heteroatoms. The van der Waals surface area contributed by atoms with Gasteiger partial charge in [-0.05, 0) is 43.2 Å². The number of hydrogen-bond acceptors (Lipinski definition) is 3. The molecule has 25 heavy (non-hydrogen) atoms. The lowest BCUT2D eigenvalue weighted by Gasteiger charge is -2.34. The molecule has 1 aliphatic rings. The molecule has 0 aliphatic carbocycles. The van der Waals surface area contributed by atoms with E-state index < -0.39 is 0 Å². The maximum Gasteiger partial charge on any atom is 0.238 e. The van der Waals surface area contributed by atoms with Gasteiger partial charge in [-0.25, -0.2) is 0 Å². The Labute approximate surface area is 150 Å². The number of aryl methyl sites for hydroxylation is 1. The van der Waals surface area contributed by atoms with Crippen LogP contribution in [0.15, 0.2) is 24.3 Å². The molecule has 0 bridgehead atoms. The summed E-state index contributed by atoms with van der Waals surface area (Å²) in [5.74, 6) is 1.39. The second-order valence-electron chi connectivity index (χ2n) is 7.62. The molecule has 1 aliphatic heterocycles. The summed E-state index contributed by atoms with van der Waals surface area (Å²) >= 11 is 0. The monoisotopic (exact) mass is 339 g/mol. The van der Waals surface area contributed by atoms with Crippen LogP contribution < -0.4 is 5.32 Å². The molecule has 1 aromatic heterocycles. The summed E-state index contributed by atoms with van der Waals surface area (Å²) in [6, 6.07) is 8.04. The summed E-state index contributed by atoms with van der Waals surface area (Å²) in [5.41, 5.74) is 4.00. The SMILES string of the molecule is CCc1nc2ccccc2c(NC(=O)CN2C[C@H](C)C[C@H](C)C2)c1C. The van der Waals surface area contributed by atoms with Crippen molar-refractivity contribution in [1.29, 1.82) is 0 Å². The maximum absolute atomic E-state index is 12.7. The highest BCUT2D eigenvalue weighted by atomic mass is 16.2. The van der Waals surface area contributed by atoms with Crippen LogP contribution in [0.25, 0.3) is 10.9 Å². The Morgan fingerprint density at radius 3 is 2.60 bits per heavy atom. The van der Waals surface area contributed by atoms with E-state index in [1.165, 1.54) is 6.42 Å². The molecule has 1 amide bonds. The summed E-state index contributed by atoms with van der Waals surface area (Å²) in [7, 11) is 0. The predicted octanol–water partition coefficient (Wildman–Crippen LogP) is 4.02. The summed E-state index contributed by atoms with van der Waals surface area (Å²) in [6.07, 6.45) is 2.12. The van der Waals surface area contributed by atoms with Crippen molar-refractivity contribution in [2.24, 2.45) is 11.8 Å². The number of benzene rings is 1. The molecule has 2 aromatic rings. The third-order valence-electron chi connectivity index (χ3n) is 5.15. The third kappa shape index (κ3) is 4.01. The molecule has 0 radical (unpaired) electrons. The third-order valence-corrected chi connectivity index (χ3v) is 5.15. The number of fused-ring (bicyclic) bond motifs is 1. The van der Waals surface area contributed by atoms with Gasteiger partial charge in [0.2, 0.25) is 5.91 Å². The minimum atomic E-state index is 0.0720. The number of nitrogens with zero attached hydrogens (tertiary/aromatic N) is 2. The van der Waals surface area contributed by atoms with Crippen molar-refractivity contribution in [3.63, 3.8) is 0 Å². The fourth-order valence-corrected chi connectivity index (χ4v) is 4.17. The van der Waals surface area contributed by atoms with Gasteiger partial charge in [-0.15, -0.1) is 0 Å². The second-order valence-corrected chi connectivity index (χ2v) is 7.62. The van der Waals surface area contributed by atoms with Crippen LogP contribution in [0.5, 0.6) is 0 Å². The van der Waals surface area contributed by atoms with Gasteiger partial charge in [0.05, 0.1) is 17.7 Å². The minimum Gasteiger partial charge on any atom is -0.324 e. The Bertz CT molecular complexity index is 761. The lowest BCUT2D eigenvalue weighted by Crippen LogP contribution is -2.42. The van der Waals surface area contributed by atoms with Crippen LogP contribution in [0.3, 0.4) is 0 Å². The van der Waals surface area contributed by atoms with Gasteiger partial charge in [0, 0.05) is 24.2 Å². The van der Waals surface area contributed by atoms with Crippen molar-refractivity contribution in [2.75, 3.05) is 25.0 Å². The standard InChI is InChI=1S/C21H29N3O/c1-5-18-16(4)21(17-8-6-7-9-19(17)22-18)23-20(25)13-24-11-14(2)10-15(3)12-24/h6-9,14-15H,5,10-13H2,1-4H3,(H,22,23,25)/t14-,15+. The van der Waals surface area contributed by atoms with Gasteiger partial charge in [-0.3, -0.25) is 14.7 Å². The highest BCUT2D eigenvalue weighted by Gasteiger charge is 2.23. The fraction of sp³-hybridized carbons (Fsp3) is 0.524. The van der Waals surface area contributed by atoms with Gasteiger partial charge < -0.3 is 5.32 Å². The minimum absolute atomic E-state index is 0.0720. The normalized spacial score (nSPS) is 21.4. The van der Waals surface area contributed by atoms with E-state index in [1.807, 2.05) is 24.3 Å². The number of piperidine rings is 1. The van der Waals surface area contributed by atoms with Crippen LogP contribution in [0.1, 0.15) is 38.4 Å². The van der Waals surface area contributed by atoms with Crippen LogP contribution in [0, 0.1) is 18.8 Å². The van der Waals surface area contributed by atoms with Crippen LogP contribution in [-0.4, -0.2) is 35.4 Å². The molecule has 0 saturated carbocycles. The van der Waals surface area contributed by atoms with E-state index in [0.29, 0.717) is 18.4 Å². The molecule has 2 atom stereocenters. The quantitative estimate of drug-likeness (QED) is 0.915. The van der Waals surface area contributed by atoms with Crippen molar-refractivity contribution < 1.29 is 4.79 Å². The van der Waals surface area contributed by atoms with E-state index in [-0.39, 0.29) is 5.91 Å².